The van der Waals surface area contributed by atoms with Gasteiger partial charge in [0, 0.05) is 5.41 Å². The van der Waals surface area contributed by atoms with Crippen molar-refractivity contribution in [3.63, 3.8) is 0 Å². The van der Waals surface area contributed by atoms with E-state index in [1.165, 1.54) is 5.57 Å². The van der Waals surface area contributed by atoms with Gasteiger partial charge < -0.3 is 5.11 Å². The lowest BCUT2D eigenvalue weighted by atomic mass is 9.59. The molecule has 1 N–H and O–H groups in total. The van der Waals surface area contributed by atoms with Gasteiger partial charge in [-0.2, -0.15) is 0 Å². The Morgan fingerprint density at radius 1 is 1.50 bits per heavy atom. The van der Waals surface area contributed by atoms with Gasteiger partial charge in [0.2, 0.25) is 0 Å². The summed E-state index contributed by atoms with van der Waals surface area (Å²) in [4.78, 5) is 0. The molecule has 0 amide bonds. The van der Waals surface area contributed by atoms with E-state index in [0.717, 1.165) is 12.0 Å². The summed E-state index contributed by atoms with van der Waals surface area (Å²) in [5.41, 5.74) is 1.41. The highest BCUT2D eigenvalue weighted by Gasteiger charge is 2.48. The highest BCUT2D eigenvalue weighted by atomic mass is 16.3. The Morgan fingerprint density at radius 2 is 2.00 bits per heavy atom. The summed E-state index contributed by atoms with van der Waals surface area (Å²) in [5, 5.41) is 10.5. The van der Waals surface area contributed by atoms with Crippen LogP contribution >= 0.6 is 0 Å². The Labute approximate surface area is 87.5 Å². The third-order valence-electron chi connectivity index (χ3n) is 4.15. The first-order valence-electron chi connectivity index (χ1n) is 5.26. The zero-order valence-corrected chi connectivity index (χ0v) is 10.0. The van der Waals surface area contributed by atoms with Crippen molar-refractivity contribution < 1.29 is 5.11 Å². The van der Waals surface area contributed by atoms with Crippen LogP contribution in [0.2, 0.25) is 0 Å². The van der Waals surface area contributed by atoms with Crippen molar-refractivity contribution >= 4 is 0 Å². The predicted octanol–water partition coefficient (Wildman–Crippen LogP) is 3.31. The third kappa shape index (κ3) is 1.44. The van der Waals surface area contributed by atoms with E-state index in [1.54, 1.807) is 0 Å². The standard InChI is InChI=1S/C13H22O/c1-9(2)11-8-7-10(3)13(6,14)12(11,4)5/h7,11,14H,1,8H2,2-6H3/t11-,13-/m0/s1. The van der Waals surface area contributed by atoms with Gasteiger partial charge in [-0.15, -0.1) is 0 Å². The molecule has 1 nitrogen and oxygen atoms in total. The van der Waals surface area contributed by atoms with Crippen LogP contribution in [-0.4, -0.2) is 10.7 Å². The quantitative estimate of drug-likeness (QED) is 0.635. The lowest BCUT2D eigenvalue weighted by Gasteiger charge is -2.49. The molecule has 1 heteroatoms. The van der Waals surface area contributed by atoms with E-state index in [2.05, 4.69) is 33.4 Å². The summed E-state index contributed by atoms with van der Waals surface area (Å²) >= 11 is 0. The summed E-state index contributed by atoms with van der Waals surface area (Å²) < 4.78 is 0. The van der Waals surface area contributed by atoms with Crippen molar-refractivity contribution in [3.8, 4) is 0 Å². The van der Waals surface area contributed by atoms with Gasteiger partial charge in [-0.05, 0) is 38.7 Å². The van der Waals surface area contributed by atoms with Gasteiger partial charge in [-0.25, -0.2) is 0 Å². The molecule has 0 bridgehead atoms. The Balaban J connectivity index is 3.17. The van der Waals surface area contributed by atoms with E-state index in [4.69, 9.17) is 0 Å². The lowest BCUT2D eigenvalue weighted by molar-refractivity contribution is -0.0524. The Bertz CT molecular complexity index is 282. The molecule has 80 valence electrons. The van der Waals surface area contributed by atoms with Crippen molar-refractivity contribution in [2.24, 2.45) is 11.3 Å². The first-order valence-corrected chi connectivity index (χ1v) is 5.26. The fourth-order valence-corrected chi connectivity index (χ4v) is 2.45. The van der Waals surface area contributed by atoms with Crippen LogP contribution in [0.3, 0.4) is 0 Å². The molecule has 0 radical (unpaired) electrons. The summed E-state index contributed by atoms with van der Waals surface area (Å²) in [5.74, 6) is 0.376. The Morgan fingerprint density at radius 3 is 2.43 bits per heavy atom. The molecule has 1 aliphatic rings. The summed E-state index contributed by atoms with van der Waals surface area (Å²) in [6.45, 7) is 14.3. The fraction of sp³-hybridized carbons (Fsp3) is 0.692. The van der Waals surface area contributed by atoms with Gasteiger partial charge in [0.15, 0.2) is 0 Å². The van der Waals surface area contributed by atoms with Gasteiger partial charge in [-0.1, -0.05) is 32.1 Å². The first-order chi connectivity index (χ1) is 6.21. The monoisotopic (exact) mass is 194 g/mol. The summed E-state index contributed by atoms with van der Waals surface area (Å²) in [7, 11) is 0. The van der Waals surface area contributed by atoms with Crippen LogP contribution < -0.4 is 0 Å². The minimum Gasteiger partial charge on any atom is -0.385 e. The van der Waals surface area contributed by atoms with Crippen LogP contribution in [0.4, 0.5) is 0 Å². The van der Waals surface area contributed by atoms with E-state index < -0.39 is 5.60 Å². The van der Waals surface area contributed by atoms with Crippen LogP contribution in [-0.2, 0) is 0 Å². The van der Waals surface area contributed by atoms with Gasteiger partial charge >= 0.3 is 0 Å². The molecule has 1 aliphatic carbocycles. The molecule has 0 aromatic carbocycles. The van der Waals surface area contributed by atoms with Crippen LogP contribution in [0.1, 0.15) is 41.0 Å². The van der Waals surface area contributed by atoms with E-state index in [1.807, 2.05) is 13.8 Å². The summed E-state index contributed by atoms with van der Waals surface area (Å²) in [6, 6.07) is 0. The molecular formula is C13H22O. The minimum absolute atomic E-state index is 0.127. The molecule has 0 aromatic rings. The maximum atomic E-state index is 10.5. The van der Waals surface area contributed by atoms with Crippen LogP contribution in [0.15, 0.2) is 23.8 Å². The Hall–Kier alpha value is -0.560. The highest BCUT2D eigenvalue weighted by Crippen LogP contribution is 2.49. The van der Waals surface area contributed by atoms with Gasteiger partial charge in [0.05, 0.1) is 5.60 Å². The molecule has 14 heavy (non-hydrogen) atoms. The van der Waals surface area contributed by atoms with Crippen molar-refractivity contribution in [1.29, 1.82) is 0 Å². The molecule has 2 atom stereocenters. The van der Waals surface area contributed by atoms with Gasteiger partial charge in [0.25, 0.3) is 0 Å². The van der Waals surface area contributed by atoms with Gasteiger partial charge in [-0.3, -0.25) is 0 Å². The van der Waals surface area contributed by atoms with Crippen LogP contribution in [0.5, 0.6) is 0 Å². The number of allylic oxidation sites excluding steroid dienone is 2. The van der Waals surface area contributed by atoms with Gasteiger partial charge in [0.1, 0.15) is 0 Å². The molecule has 0 aromatic heterocycles. The minimum atomic E-state index is -0.713. The maximum absolute atomic E-state index is 10.5. The molecule has 0 fully saturated rings. The average Bonchev–Trinajstić information content (AvgIpc) is 2.00. The molecule has 0 saturated heterocycles. The molecule has 0 saturated carbocycles. The third-order valence-corrected chi connectivity index (χ3v) is 4.15. The lowest BCUT2D eigenvalue weighted by Crippen LogP contribution is -2.50. The zero-order valence-electron chi connectivity index (χ0n) is 10.0. The van der Waals surface area contributed by atoms with E-state index in [-0.39, 0.29) is 5.41 Å². The first kappa shape index (κ1) is 11.5. The molecular weight excluding hydrogens is 172 g/mol. The number of rotatable bonds is 1. The van der Waals surface area contributed by atoms with Crippen molar-refractivity contribution in [1.82, 2.24) is 0 Å². The van der Waals surface area contributed by atoms with E-state index in [9.17, 15) is 5.11 Å². The van der Waals surface area contributed by atoms with Crippen molar-refractivity contribution in [2.45, 2.75) is 46.6 Å². The highest BCUT2D eigenvalue weighted by molar-refractivity contribution is 5.26. The average molecular weight is 194 g/mol. The van der Waals surface area contributed by atoms with Crippen molar-refractivity contribution in [3.05, 3.63) is 23.8 Å². The fourth-order valence-electron chi connectivity index (χ4n) is 2.45. The SMILES string of the molecule is C=C(C)[C@@H]1CC=C(C)[C@](C)(O)C1(C)C. The number of aliphatic hydroxyl groups is 1. The van der Waals surface area contributed by atoms with Crippen LogP contribution in [0, 0.1) is 11.3 Å². The second kappa shape index (κ2) is 3.23. The van der Waals surface area contributed by atoms with E-state index in [0.29, 0.717) is 5.92 Å². The molecule has 0 aliphatic heterocycles. The van der Waals surface area contributed by atoms with Crippen molar-refractivity contribution in [2.75, 3.05) is 0 Å². The zero-order chi connectivity index (χ0) is 11.1. The number of hydrogen-bond acceptors (Lipinski definition) is 1. The largest absolute Gasteiger partial charge is 0.385 e. The number of hydrogen-bond donors (Lipinski definition) is 1. The summed E-state index contributed by atoms with van der Waals surface area (Å²) in [6.07, 6.45) is 3.15. The van der Waals surface area contributed by atoms with E-state index >= 15 is 0 Å². The second-order valence-electron chi connectivity index (χ2n) is 5.32. The molecule has 0 spiro atoms. The molecule has 0 unspecified atom stereocenters. The predicted molar refractivity (Wildman–Crippen MR) is 61.1 cm³/mol. The molecule has 1 rings (SSSR count). The maximum Gasteiger partial charge on any atom is 0.0882 e. The normalized spacial score (nSPS) is 36.4. The van der Waals surface area contributed by atoms with Crippen LogP contribution in [0.25, 0.3) is 0 Å². The Kier molecular flexibility index (Phi) is 2.66. The smallest absolute Gasteiger partial charge is 0.0882 e. The second-order valence-corrected chi connectivity index (χ2v) is 5.32. The topological polar surface area (TPSA) is 20.2 Å². The molecule has 0 heterocycles.